The Morgan fingerprint density at radius 3 is 2.33 bits per heavy atom. The second-order valence-corrected chi connectivity index (χ2v) is 11.1. The topological polar surface area (TPSA) is 43.8 Å². The first-order valence-electron chi connectivity index (χ1n) is 13.5. The zero-order valence-corrected chi connectivity index (χ0v) is 22.7. The molecule has 0 radical (unpaired) electrons. The van der Waals surface area contributed by atoms with Gasteiger partial charge in [0.15, 0.2) is 0 Å². The molecule has 0 saturated carbocycles. The zero-order valence-electron chi connectivity index (χ0n) is 22.7. The second-order valence-electron chi connectivity index (χ2n) is 11.1. The third kappa shape index (κ3) is 7.49. The summed E-state index contributed by atoms with van der Waals surface area (Å²) in [5, 5.41) is 10.9. The number of aryl methyl sites for hydroxylation is 1. The van der Waals surface area contributed by atoms with Crippen molar-refractivity contribution in [2.75, 3.05) is 32.7 Å². The highest BCUT2D eigenvalue weighted by Gasteiger charge is 2.38. The van der Waals surface area contributed by atoms with Crippen LogP contribution >= 0.6 is 0 Å². The van der Waals surface area contributed by atoms with Gasteiger partial charge in [-0.1, -0.05) is 80.1 Å². The van der Waals surface area contributed by atoms with E-state index in [9.17, 15) is 23.1 Å². The van der Waals surface area contributed by atoms with E-state index < -0.39 is 17.8 Å². The molecular weight excluding hydrogens is 501 g/mol. The Hall–Kier alpha value is -3.16. The van der Waals surface area contributed by atoms with Crippen molar-refractivity contribution in [3.8, 4) is 0 Å². The molecule has 1 heterocycles. The predicted molar refractivity (Wildman–Crippen MR) is 147 cm³/mol. The molecule has 4 rings (SSSR count). The molecule has 3 unspecified atom stereocenters. The van der Waals surface area contributed by atoms with Crippen molar-refractivity contribution in [2.45, 2.75) is 39.0 Å². The van der Waals surface area contributed by atoms with Gasteiger partial charge in [-0.2, -0.15) is 13.2 Å². The van der Waals surface area contributed by atoms with Gasteiger partial charge in [-0.05, 0) is 48.1 Å². The number of β-amino-alcohol motifs (C(OH)–C–C–N with tert-alkyl or cyclic N) is 1. The number of carbonyl (C=O) groups excluding carboxylic acids is 1. The van der Waals surface area contributed by atoms with Crippen LogP contribution in [0.4, 0.5) is 13.2 Å². The quantitative estimate of drug-likeness (QED) is 0.336. The lowest BCUT2D eigenvalue weighted by atomic mass is 9.87. The van der Waals surface area contributed by atoms with E-state index in [4.69, 9.17) is 0 Å². The summed E-state index contributed by atoms with van der Waals surface area (Å²) in [6, 6.07) is 22.4. The van der Waals surface area contributed by atoms with Crippen molar-refractivity contribution in [1.29, 1.82) is 0 Å². The Morgan fingerprint density at radius 1 is 1.00 bits per heavy atom. The molecule has 39 heavy (non-hydrogen) atoms. The Morgan fingerprint density at radius 2 is 1.69 bits per heavy atom. The van der Waals surface area contributed by atoms with Crippen molar-refractivity contribution >= 4 is 5.91 Å². The standard InChI is InChI=1S/C32H37F3N2O2/c1-22(2)17-37(31(39)25-14-12-23(3)13-15-25)19-27-18-36(21-30(38)24-8-5-4-6-9-24)20-29(27)26-10-7-11-28(16-26)32(33,34)35/h4-16,22,27,29-30,38H,17-21H2,1-3H3. The van der Waals surface area contributed by atoms with Crippen molar-refractivity contribution in [1.82, 2.24) is 9.80 Å². The lowest BCUT2D eigenvalue weighted by Crippen LogP contribution is -2.40. The molecular formula is C32H37F3N2O2. The minimum Gasteiger partial charge on any atom is -0.387 e. The average Bonchev–Trinajstić information content (AvgIpc) is 3.30. The van der Waals surface area contributed by atoms with Gasteiger partial charge >= 0.3 is 6.18 Å². The minimum absolute atomic E-state index is 0.0748. The molecule has 0 aromatic heterocycles. The molecule has 4 nitrogen and oxygen atoms in total. The molecule has 1 amide bonds. The van der Waals surface area contributed by atoms with Gasteiger partial charge in [-0.15, -0.1) is 0 Å². The summed E-state index contributed by atoms with van der Waals surface area (Å²) in [6.07, 6.45) is -5.15. The molecule has 1 saturated heterocycles. The summed E-state index contributed by atoms with van der Waals surface area (Å²) < 4.78 is 40.7. The third-order valence-electron chi connectivity index (χ3n) is 7.40. The van der Waals surface area contributed by atoms with Crippen LogP contribution in [0.15, 0.2) is 78.9 Å². The number of benzene rings is 3. The summed E-state index contributed by atoms with van der Waals surface area (Å²) in [6.45, 7) is 8.48. The Labute approximate surface area is 229 Å². The number of rotatable bonds is 9. The highest BCUT2D eigenvalue weighted by Crippen LogP contribution is 2.37. The molecule has 3 aromatic carbocycles. The molecule has 208 valence electrons. The zero-order chi connectivity index (χ0) is 28.2. The Balaban J connectivity index is 1.61. The van der Waals surface area contributed by atoms with Crippen LogP contribution in [0.1, 0.15) is 58.5 Å². The van der Waals surface area contributed by atoms with Gasteiger partial charge in [0.1, 0.15) is 0 Å². The fraction of sp³-hybridized carbons (Fsp3) is 0.406. The molecule has 1 fully saturated rings. The van der Waals surface area contributed by atoms with Crippen molar-refractivity contribution in [3.63, 3.8) is 0 Å². The van der Waals surface area contributed by atoms with Crippen molar-refractivity contribution < 1.29 is 23.1 Å². The van der Waals surface area contributed by atoms with E-state index in [1.54, 1.807) is 6.07 Å². The first-order chi connectivity index (χ1) is 18.5. The number of aliphatic hydroxyl groups excluding tert-OH is 1. The SMILES string of the molecule is Cc1ccc(C(=O)N(CC(C)C)CC2CN(CC(O)c3ccccc3)CC2c2cccc(C(F)(F)F)c2)cc1. The molecule has 1 aliphatic rings. The van der Waals surface area contributed by atoms with Gasteiger partial charge in [0.2, 0.25) is 0 Å². The van der Waals surface area contributed by atoms with Gasteiger partial charge in [0, 0.05) is 44.2 Å². The number of likely N-dealkylation sites (tertiary alicyclic amines) is 1. The van der Waals surface area contributed by atoms with Crippen LogP contribution in [-0.4, -0.2) is 53.5 Å². The highest BCUT2D eigenvalue weighted by atomic mass is 19.4. The number of hydrogen-bond acceptors (Lipinski definition) is 3. The molecule has 3 aromatic rings. The van der Waals surface area contributed by atoms with Crippen LogP contribution in [0.3, 0.4) is 0 Å². The summed E-state index contributed by atoms with van der Waals surface area (Å²) in [5.41, 5.74) is 2.41. The fourth-order valence-corrected chi connectivity index (χ4v) is 5.49. The van der Waals surface area contributed by atoms with Crippen LogP contribution in [0, 0.1) is 18.8 Å². The lowest BCUT2D eigenvalue weighted by Gasteiger charge is -2.30. The Kier molecular flexibility index (Phi) is 9.13. The maximum atomic E-state index is 13.6. The first-order valence-corrected chi connectivity index (χ1v) is 13.5. The highest BCUT2D eigenvalue weighted by molar-refractivity contribution is 5.94. The predicted octanol–water partition coefficient (Wildman–Crippen LogP) is 6.56. The largest absolute Gasteiger partial charge is 0.416 e. The maximum Gasteiger partial charge on any atom is 0.416 e. The van der Waals surface area contributed by atoms with E-state index in [0.29, 0.717) is 43.9 Å². The van der Waals surface area contributed by atoms with Gasteiger partial charge in [0.25, 0.3) is 5.91 Å². The van der Waals surface area contributed by atoms with Crippen LogP contribution < -0.4 is 0 Å². The average molecular weight is 539 g/mol. The molecule has 1 N–H and O–H groups in total. The van der Waals surface area contributed by atoms with Crippen molar-refractivity contribution in [2.24, 2.45) is 11.8 Å². The molecule has 1 aliphatic heterocycles. The van der Waals surface area contributed by atoms with E-state index in [0.717, 1.165) is 17.2 Å². The molecule has 7 heteroatoms. The Bertz CT molecular complexity index is 1230. The number of aliphatic hydroxyl groups is 1. The summed E-state index contributed by atoms with van der Waals surface area (Å²) in [4.78, 5) is 17.5. The van der Waals surface area contributed by atoms with E-state index in [-0.39, 0.29) is 23.7 Å². The third-order valence-corrected chi connectivity index (χ3v) is 7.40. The number of nitrogens with zero attached hydrogens (tertiary/aromatic N) is 2. The van der Waals surface area contributed by atoms with Crippen molar-refractivity contribution in [3.05, 3.63) is 107 Å². The number of alkyl halides is 3. The van der Waals surface area contributed by atoms with E-state index in [1.165, 1.54) is 12.1 Å². The maximum absolute atomic E-state index is 13.6. The lowest BCUT2D eigenvalue weighted by molar-refractivity contribution is -0.137. The van der Waals surface area contributed by atoms with Gasteiger partial charge in [0.05, 0.1) is 11.7 Å². The number of carbonyl (C=O) groups is 1. The number of amides is 1. The molecule has 0 aliphatic carbocycles. The number of halogens is 3. The summed E-state index contributed by atoms with van der Waals surface area (Å²) >= 11 is 0. The molecule has 3 atom stereocenters. The minimum atomic E-state index is -4.43. The van der Waals surface area contributed by atoms with Gasteiger partial charge in [-0.25, -0.2) is 0 Å². The number of hydrogen-bond donors (Lipinski definition) is 1. The summed E-state index contributed by atoms with van der Waals surface area (Å²) in [5.74, 6) is -0.154. The van der Waals surface area contributed by atoms with E-state index in [1.807, 2.05) is 66.4 Å². The van der Waals surface area contributed by atoms with Gasteiger partial charge in [-0.3, -0.25) is 9.69 Å². The fourth-order valence-electron chi connectivity index (χ4n) is 5.49. The van der Waals surface area contributed by atoms with Crippen LogP contribution in [-0.2, 0) is 6.18 Å². The van der Waals surface area contributed by atoms with E-state index >= 15 is 0 Å². The van der Waals surface area contributed by atoms with Crippen LogP contribution in [0.2, 0.25) is 0 Å². The van der Waals surface area contributed by atoms with Gasteiger partial charge < -0.3 is 10.0 Å². The monoisotopic (exact) mass is 538 g/mol. The molecule has 0 spiro atoms. The smallest absolute Gasteiger partial charge is 0.387 e. The normalized spacial score (nSPS) is 18.9. The van der Waals surface area contributed by atoms with E-state index in [2.05, 4.69) is 18.7 Å². The summed E-state index contributed by atoms with van der Waals surface area (Å²) in [7, 11) is 0. The molecule has 0 bridgehead atoms. The van der Waals surface area contributed by atoms with Crippen LogP contribution in [0.25, 0.3) is 0 Å². The second kappa shape index (κ2) is 12.3. The van der Waals surface area contributed by atoms with Crippen LogP contribution in [0.5, 0.6) is 0 Å². The first kappa shape index (κ1) is 28.8.